The Bertz CT molecular complexity index is 1050. The van der Waals surface area contributed by atoms with Crippen molar-refractivity contribution < 1.29 is 14.4 Å². The van der Waals surface area contributed by atoms with Gasteiger partial charge in [0.25, 0.3) is 5.89 Å². The molecule has 6 nitrogen and oxygen atoms in total. The molecule has 0 saturated heterocycles. The summed E-state index contributed by atoms with van der Waals surface area (Å²) in [5.74, 6) is 2.35. The molecule has 0 radical (unpaired) electrons. The van der Waals surface area contributed by atoms with Crippen molar-refractivity contribution in [3.63, 3.8) is 0 Å². The summed E-state index contributed by atoms with van der Waals surface area (Å²) < 4.78 is 11.1. The number of aliphatic hydroxyl groups is 1. The molecule has 0 amide bonds. The molecule has 1 N–H and O–H groups in total. The van der Waals surface area contributed by atoms with Crippen molar-refractivity contribution in [1.29, 1.82) is 5.26 Å². The standard InChI is InChI=1S/C21H19N3O2.C3H8OS/c1-13(2)25-19-10-9-15(11-16(19)12-22)21-23-20(24-26-21)18-8-4-6-14-5-3-7-17(14)18;4-2-1-3-5/h4,6,8-11,13H,3,5,7H2,1-2H3;4-5H,1-3H2. The molecule has 0 bridgehead atoms. The maximum Gasteiger partial charge on any atom is 0.258 e. The van der Waals surface area contributed by atoms with E-state index in [1.54, 1.807) is 12.1 Å². The molecule has 2 aromatic carbocycles. The molecule has 0 unspecified atom stereocenters. The van der Waals surface area contributed by atoms with Gasteiger partial charge in [-0.1, -0.05) is 23.4 Å². The van der Waals surface area contributed by atoms with E-state index in [-0.39, 0.29) is 12.7 Å². The number of aliphatic hydroxyl groups excluding tert-OH is 1. The topological polar surface area (TPSA) is 92.2 Å². The lowest BCUT2D eigenvalue weighted by molar-refractivity contribution is 0.241. The molecular weight excluding hydrogens is 410 g/mol. The average molecular weight is 438 g/mol. The predicted molar refractivity (Wildman–Crippen MR) is 123 cm³/mol. The minimum Gasteiger partial charge on any atom is -0.490 e. The monoisotopic (exact) mass is 437 g/mol. The molecule has 1 aliphatic rings. The number of fused-ring (bicyclic) bond motifs is 1. The Balaban J connectivity index is 0.000000491. The van der Waals surface area contributed by atoms with Gasteiger partial charge in [0, 0.05) is 17.7 Å². The molecule has 1 heterocycles. The molecule has 1 aliphatic carbocycles. The number of benzene rings is 2. The molecular formula is C24H27N3O3S. The second-order valence-electron chi connectivity index (χ2n) is 7.51. The summed E-state index contributed by atoms with van der Waals surface area (Å²) in [6, 6.07) is 13.8. The van der Waals surface area contributed by atoms with Crippen LogP contribution in [-0.4, -0.2) is 33.7 Å². The highest BCUT2D eigenvalue weighted by atomic mass is 32.1. The third kappa shape index (κ3) is 5.66. The number of aryl methyl sites for hydroxylation is 1. The number of hydrogen-bond donors (Lipinski definition) is 2. The minimum absolute atomic E-state index is 0.00290. The second-order valence-corrected chi connectivity index (χ2v) is 7.96. The quantitative estimate of drug-likeness (QED) is 0.536. The summed E-state index contributed by atoms with van der Waals surface area (Å²) in [4.78, 5) is 4.57. The van der Waals surface area contributed by atoms with E-state index in [2.05, 4.69) is 34.9 Å². The lowest BCUT2D eigenvalue weighted by Gasteiger charge is -2.11. The van der Waals surface area contributed by atoms with Crippen LogP contribution in [0, 0.1) is 11.3 Å². The van der Waals surface area contributed by atoms with E-state index in [0.29, 0.717) is 28.6 Å². The zero-order valence-electron chi connectivity index (χ0n) is 17.8. The first-order valence-corrected chi connectivity index (χ1v) is 11.1. The maximum absolute atomic E-state index is 9.40. The highest BCUT2D eigenvalue weighted by Crippen LogP contribution is 2.32. The fourth-order valence-electron chi connectivity index (χ4n) is 3.46. The molecule has 31 heavy (non-hydrogen) atoms. The van der Waals surface area contributed by atoms with Crippen molar-refractivity contribution in [1.82, 2.24) is 10.1 Å². The summed E-state index contributed by atoms with van der Waals surface area (Å²) in [5, 5.41) is 21.6. The smallest absolute Gasteiger partial charge is 0.258 e. The molecule has 0 saturated carbocycles. The van der Waals surface area contributed by atoms with Crippen molar-refractivity contribution in [2.24, 2.45) is 0 Å². The van der Waals surface area contributed by atoms with Crippen LogP contribution in [0.1, 0.15) is 43.4 Å². The fourth-order valence-corrected chi connectivity index (χ4v) is 3.60. The van der Waals surface area contributed by atoms with Crippen LogP contribution in [0.3, 0.4) is 0 Å². The van der Waals surface area contributed by atoms with Crippen molar-refractivity contribution in [2.45, 2.75) is 45.6 Å². The summed E-state index contributed by atoms with van der Waals surface area (Å²) in [5.41, 5.74) is 4.89. The third-order valence-electron chi connectivity index (χ3n) is 4.84. The Labute approximate surface area is 188 Å². The number of ether oxygens (including phenoxy) is 1. The molecule has 0 fully saturated rings. The minimum atomic E-state index is 0.00290. The number of nitrogens with zero attached hydrogens (tertiary/aromatic N) is 3. The molecule has 3 aromatic rings. The summed E-state index contributed by atoms with van der Waals surface area (Å²) in [6.45, 7) is 4.12. The SMILES string of the molecule is CC(C)Oc1ccc(-c2nc(-c3cccc4c3CCC4)no2)cc1C#N.OCCCS. The van der Waals surface area contributed by atoms with Gasteiger partial charge in [0.15, 0.2) is 0 Å². The number of thiol groups is 1. The first-order chi connectivity index (χ1) is 15.1. The highest BCUT2D eigenvalue weighted by Gasteiger charge is 2.19. The van der Waals surface area contributed by atoms with Gasteiger partial charge in [-0.15, -0.1) is 0 Å². The van der Waals surface area contributed by atoms with E-state index in [1.165, 1.54) is 17.5 Å². The first-order valence-electron chi connectivity index (χ1n) is 10.4. The van der Waals surface area contributed by atoms with Gasteiger partial charge in [-0.3, -0.25) is 0 Å². The van der Waals surface area contributed by atoms with Crippen LogP contribution in [0.4, 0.5) is 0 Å². The molecule has 0 aliphatic heterocycles. The zero-order chi connectivity index (χ0) is 22.2. The van der Waals surface area contributed by atoms with Crippen molar-refractivity contribution in [3.05, 3.63) is 53.1 Å². The molecule has 1 aromatic heterocycles. The van der Waals surface area contributed by atoms with Crippen LogP contribution < -0.4 is 4.74 Å². The third-order valence-corrected chi connectivity index (χ3v) is 5.15. The summed E-state index contributed by atoms with van der Waals surface area (Å²) in [7, 11) is 0. The van der Waals surface area contributed by atoms with Crippen molar-refractivity contribution in [3.8, 4) is 34.7 Å². The van der Waals surface area contributed by atoms with E-state index >= 15 is 0 Å². The summed E-state index contributed by atoms with van der Waals surface area (Å²) in [6.07, 6.45) is 4.14. The van der Waals surface area contributed by atoms with Crippen LogP contribution in [0.5, 0.6) is 5.75 Å². The number of hydrogen-bond acceptors (Lipinski definition) is 7. The van der Waals surface area contributed by atoms with Crippen molar-refractivity contribution >= 4 is 12.6 Å². The normalized spacial score (nSPS) is 12.1. The highest BCUT2D eigenvalue weighted by molar-refractivity contribution is 7.80. The number of rotatable bonds is 6. The van der Waals surface area contributed by atoms with E-state index < -0.39 is 0 Å². The Hall–Kier alpha value is -2.82. The average Bonchev–Trinajstić information content (AvgIpc) is 3.44. The Morgan fingerprint density at radius 1 is 1.26 bits per heavy atom. The number of nitriles is 1. The van der Waals surface area contributed by atoms with Gasteiger partial charge in [0.2, 0.25) is 5.82 Å². The van der Waals surface area contributed by atoms with Gasteiger partial charge in [0.05, 0.1) is 11.7 Å². The first kappa shape index (κ1) is 22.9. The van der Waals surface area contributed by atoms with Crippen LogP contribution in [-0.2, 0) is 12.8 Å². The largest absolute Gasteiger partial charge is 0.490 e. The molecule has 0 atom stereocenters. The lowest BCUT2D eigenvalue weighted by atomic mass is 10.0. The number of aromatic nitrogens is 2. The lowest BCUT2D eigenvalue weighted by Crippen LogP contribution is -2.06. The van der Waals surface area contributed by atoms with Gasteiger partial charge in [-0.25, -0.2) is 0 Å². The molecule has 0 spiro atoms. The van der Waals surface area contributed by atoms with Crippen LogP contribution in [0.2, 0.25) is 0 Å². The van der Waals surface area contributed by atoms with E-state index in [0.717, 1.165) is 30.6 Å². The van der Waals surface area contributed by atoms with E-state index in [4.69, 9.17) is 14.4 Å². The van der Waals surface area contributed by atoms with Gasteiger partial charge in [-0.2, -0.15) is 22.9 Å². The Kier molecular flexibility index (Phi) is 8.10. The predicted octanol–water partition coefficient (Wildman–Crippen LogP) is 4.85. The van der Waals surface area contributed by atoms with Crippen LogP contribution in [0.15, 0.2) is 40.9 Å². The molecule has 4 rings (SSSR count). The molecule has 7 heteroatoms. The van der Waals surface area contributed by atoms with Gasteiger partial charge in [-0.05, 0) is 74.6 Å². The summed E-state index contributed by atoms with van der Waals surface area (Å²) >= 11 is 3.84. The van der Waals surface area contributed by atoms with Crippen LogP contribution >= 0.6 is 12.6 Å². The zero-order valence-corrected chi connectivity index (χ0v) is 18.7. The van der Waals surface area contributed by atoms with E-state index in [1.807, 2.05) is 32.0 Å². The molecule has 162 valence electrons. The van der Waals surface area contributed by atoms with Crippen LogP contribution in [0.25, 0.3) is 22.8 Å². The fraction of sp³-hybridized carbons (Fsp3) is 0.375. The Morgan fingerprint density at radius 2 is 2.10 bits per heavy atom. The van der Waals surface area contributed by atoms with Gasteiger partial charge in [0.1, 0.15) is 11.8 Å². The maximum atomic E-state index is 9.40. The Morgan fingerprint density at radius 3 is 2.77 bits per heavy atom. The van der Waals surface area contributed by atoms with Gasteiger partial charge < -0.3 is 14.4 Å². The van der Waals surface area contributed by atoms with Crippen molar-refractivity contribution in [2.75, 3.05) is 12.4 Å². The van der Waals surface area contributed by atoms with Gasteiger partial charge >= 0.3 is 0 Å². The van der Waals surface area contributed by atoms with E-state index in [9.17, 15) is 5.26 Å². The second kappa shape index (κ2) is 11.0.